The first-order valence-electron chi connectivity index (χ1n) is 10.3. The van der Waals surface area contributed by atoms with E-state index in [1.165, 1.54) is 29.4 Å². The molecule has 0 amide bonds. The fourth-order valence-corrected chi connectivity index (χ4v) is 5.30. The Morgan fingerprint density at radius 2 is 1.96 bits per heavy atom. The molecule has 0 radical (unpaired) electrons. The van der Waals surface area contributed by atoms with Crippen LogP contribution < -0.4 is 9.64 Å². The Balaban J connectivity index is 1.72. The minimum absolute atomic E-state index is 0.133. The van der Waals surface area contributed by atoms with Crippen molar-refractivity contribution in [1.82, 2.24) is 15.0 Å². The molecule has 1 saturated heterocycles. The van der Waals surface area contributed by atoms with E-state index in [1.807, 2.05) is 0 Å². The minimum Gasteiger partial charge on any atom is -0.474 e. The van der Waals surface area contributed by atoms with Gasteiger partial charge >= 0.3 is 0 Å². The Kier molecular flexibility index (Phi) is 4.80. The fraction of sp³-hybridized carbons (Fsp3) is 0.571. The smallest absolute Gasteiger partial charge is 0.235 e. The molecule has 5 rings (SSSR count). The highest BCUT2D eigenvalue weighted by Gasteiger charge is 2.26. The number of rotatable bonds is 4. The summed E-state index contributed by atoms with van der Waals surface area (Å²) in [5, 5.41) is 1.23. The molecule has 0 N–H and O–H groups in total. The summed E-state index contributed by atoms with van der Waals surface area (Å²) in [7, 11) is 0. The summed E-state index contributed by atoms with van der Waals surface area (Å²) in [6, 6.07) is 0. The number of ether oxygens (including phenoxy) is 2. The van der Waals surface area contributed by atoms with E-state index in [0.29, 0.717) is 5.88 Å². The van der Waals surface area contributed by atoms with Crippen LogP contribution in [0.4, 0.5) is 5.82 Å². The van der Waals surface area contributed by atoms with Crippen LogP contribution in [0.2, 0.25) is 0 Å². The quantitative estimate of drug-likeness (QED) is 0.658. The monoisotopic (exact) mass is 398 g/mol. The Morgan fingerprint density at radius 1 is 1.18 bits per heavy atom. The van der Waals surface area contributed by atoms with Crippen LogP contribution in [-0.4, -0.2) is 47.4 Å². The van der Waals surface area contributed by atoms with Crippen molar-refractivity contribution in [2.24, 2.45) is 0 Å². The van der Waals surface area contributed by atoms with Crippen molar-refractivity contribution < 1.29 is 9.47 Å². The van der Waals surface area contributed by atoms with Crippen LogP contribution in [-0.2, 0) is 17.6 Å². The average Bonchev–Trinajstić information content (AvgIpc) is 3.13. The second-order valence-corrected chi connectivity index (χ2v) is 8.67. The van der Waals surface area contributed by atoms with E-state index >= 15 is 0 Å². The van der Waals surface area contributed by atoms with Gasteiger partial charge in [0.25, 0.3) is 0 Å². The highest BCUT2D eigenvalue weighted by Crippen LogP contribution is 2.43. The highest BCUT2D eigenvalue weighted by molar-refractivity contribution is 7.25. The molecule has 0 aromatic carbocycles. The number of aromatic nitrogens is 3. The number of anilines is 1. The molecule has 2 aliphatic rings. The molecule has 1 aliphatic heterocycles. The van der Waals surface area contributed by atoms with Gasteiger partial charge < -0.3 is 14.4 Å². The third-order valence-corrected chi connectivity index (χ3v) is 6.93. The van der Waals surface area contributed by atoms with Gasteiger partial charge in [0.15, 0.2) is 0 Å². The molecule has 4 heterocycles. The third kappa shape index (κ3) is 3.01. The number of hydrogen-bond donors (Lipinski definition) is 0. The molecular weight excluding hydrogens is 372 g/mol. The Hall–Kier alpha value is -1.99. The SMILES string of the molecule is CC[C@@H](C)Oc1ncnc2c1sc1nc(N3CCOCC3)c3c(c12)CCCC3. The van der Waals surface area contributed by atoms with Crippen molar-refractivity contribution in [3.63, 3.8) is 0 Å². The number of thiophene rings is 1. The number of aryl methyl sites for hydroxylation is 1. The molecule has 28 heavy (non-hydrogen) atoms. The molecule has 0 unspecified atom stereocenters. The molecule has 1 atom stereocenters. The van der Waals surface area contributed by atoms with E-state index in [-0.39, 0.29) is 6.10 Å². The highest BCUT2D eigenvalue weighted by atomic mass is 32.1. The van der Waals surface area contributed by atoms with Crippen LogP contribution in [0.15, 0.2) is 6.33 Å². The molecule has 1 fully saturated rings. The first-order chi connectivity index (χ1) is 13.8. The average molecular weight is 399 g/mol. The van der Waals surface area contributed by atoms with Crippen LogP contribution >= 0.6 is 11.3 Å². The van der Waals surface area contributed by atoms with E-state index in [9.17, 15) is 0 Å². The van der Waals surface area contributed by atoms with Gasteiger partial charge in [0.05, 0.1) is 24.8 Å². The summed E-state index contributed by atoms with van der Waals surface area (Å²) >= 11 is 1.67. The topological polar surface area (TPSA) is 60.4 Å². The number of hydrogen-bond acceptors (Lipinski definition) is 7. The summed E-state index contributed by atoms with van der Waals surface area (Å²) in [5.41, 5.74) is 3.87. The molecule has 1 aliphatic carbocycles. The van der Waals surface area contributed by atoms with Crippen LogP contribution in [0.3, 0.4) is 0 Å². The van der Waals surface area contributed by atoms with Gasteiger partial charge in [-0.05, 0) is 50.2 Å². The lowest BCUT2D eigenvalue weighted by molar-refractivity contribution is 0.122. The maximum atomic E-state index is 6.10. The van der Waals surface area contributed by atoms with Crippen LogP contribution in [0, 0.1) is 0 Å². The zero-order chi connectivity index (χ0) is 19.1. The molecule has 3 aromatic rings. The molecule has 7 heteroatoms. The Morgan fingerprint density at radius 3 is 2.75 bits per heavy atom. The van der Waals surface area contributed by atoms with Crippen molar-refractivity contribution in [1.29, 1.82) is 0 Å². The number of morpholine rings is 1. The number of pyridine rings is 1. The van der Waals surface area contributed by atoms with Crippen LogP contribution in [0.25, 0.3) is 20.4 Å². The Labute approximate surface area is 168 Å². The maximum absolute atomic E-state index is 6.10. The van der Waals surface area contributed by atoms with Crippen molar-refractivity contribution in [2.45, 2.75) is 52.1 Å². The van der Waals surface area contributed by atoms with Crippen molar-refractivity contribution >= 4 is 37.6 Å². The normalized spacial score (nSPS) is 18.4. The lowest BCUT2D eigenvalue weighted by atomic mass is 9.90. The number of fused-ring (bicyclic) bond motifs is 5. The Bertz CT molecular complexity index is 1010. The van der Waals surface area contributed by atoms with Gasteiger partial charge in [-0.2, -0.15) is 0 Å². The molecule has 0 bridgehead atoms. The minimum atomic E-state index is 0.133. The van der Waals surface area contributed by atoms with Gasteiger partial charge in [-0.1, -0.05) is 6.92 Å². The second-order valence-electron chi connectivity index (χ2n) is 7.67. The van der Waals surface area contributed by atoms with Gasteiger partial charge in [-0.15, -0.1) is 11.3 Å². The summed E-state index contributed by atoms with van der Waals surface area (Å²) in [4.78, 5) is 17.7. The zero-order valence-electron chi connectivity index (χ0n) is 16.5. The van der Waals surface area contributed by atoms with E-state index in [0.717, 1.165) is 66.4 Å². The predicted octanol–water partition coefficient (Wildman–Crippen LogP) is 4.13. The fourth-order valence-electron chi connectivity index (χ4n) is 4.21. The molecular formula is C21H26N4O2S. The second kappa shape index (κ2) is 7.44. The van der Waals surface area contributed by atoms with E-state index < -0.39 is 0 Å². The van der Waals surface area contributed by atoms with Crippen molar-refractivity contribution in [3.05, 3.63) is 17.5 Å². The third-order valence-electron chi connectivity index (χ3n) is 5.87. The standard InChI is InChI=1S/C21H26N4O2S/c1-3-13(2)27-20-18-17(22-12-23-20)16-14-6-4-5-7-15(14)19(24-21(16)28-18)25-8-10-26-11-9-25/h12-13H,3-11H2,1-2H3/t13-/m1/s1. The summed E-state index contributed by atoms with van der Waals surface area (Å²) in [6.07, 6.45) is 7.38. The van der Waals surface area contributed by atoms with Crippen molar-refractivity contribution in [2.75, 3.05) is 31.2 Å². The van der Waals surface area contributed by atoms with Gasteiger partial charge in [0, 0.05) is 18.5 Å². The summed E-state index contributed by atoms with van der Waals surface area (Å²) in [6.45, 7) is 7.59. The van der Waals surface area contributed by atoms with Gasteiger partial charge in [0.2, 0.25) is 5.88 Å². The number of nitrogens with zero attached hydrogens (tertiary/aromatic N) is 4. The van der Waals surface area contributed by atoms with Gasteiger partial charge in [-0.3, -0.25) is 0 Å². The molecule has 0 saturated carbocycles. The molecule has 6 nitrogen and oxygen atoms in total. The summed E-state index contributed by atoms with van der Waals surface area (Å²) < 4.78 is 12.7. The first kappa shape index (κ1) is 18.1. The summed E-state index contributed by atoms with van der Waals surface area (Å²) in [5.74, 6) is 1.86. The predicted molar refractivity (Wildman–Crippen MR) is 113 cm³/mol. The zero-order valence-corrected chi connectivity index (χ0v) is 17.3. The largest absolute Gasteiger partial charge is 0.474 e. The van der Waals surface area contributed by atoms with Gasteiger partial charge in [-0.25, -0.2) is 15.0 Å². The molecule has 0 spiro atoms. The van der Waals surface area contributed by atoms with E-state index in [4.69, 9.17) is 14.5 Å². The molecule has 3 aromatic heterocycles. The van der Waals surface area contributed by atoms with Gasteiger partial charge in [0.1, 0.15) is 21.7 Å². The first-order valence-corrected chi connectivity index (χ1v) is 11.2. The van der Waals surface area contributed by atoms with Crippen molar-refractivity contribution in [3.8, 4) is 5.88 Å². The van der Waals surface area contributed by atoms with E-state index in [1.54, 1.807) is 17.7 Å². The lowest BCUT2D eigenvalue weighted by Crippen LogP contribution is -2.37. The molecule has 148 valence electrons. The maximum Gasteiger partial charge on any atom is 0.235 e. The lowest BCUT2D eigenvalue weighted by Gasteiger charge is -2.31. The van der Waals surface area contributed by atoms with Crippen LogP contribution in [0.1, 0.15) is 44.2 Å². The van der Waals surface area contributed by atoms with E-state index in [2.05, 4.69) is 28.7 Å². The van der Waals surface area contributed by atoms with Crippen LogP contribution in [0.5, 0.6) is 5.88 Å².